The highest BCUT2D eigenvalue weighted by Crippen LogP contribution is 2.18. The third kappa shape index (κ3) is 2.30. The Hall–Kier alpha value is -1.06. The van der Waals surface area contributed by atoms with E-state index < -0.39 is 0 Å². The Labute approximate surface area is 93.6 Å². The Balaban J connectivity index is 2.16. The lowest BCUT2D eigenvalue weighted by atomic mass is 10.2. The van der Waals surface area contributed by atoms with Gasteiger partial charge in [0.05, 0.1) is 17.2 Å². The van der Waals surface area contributed by atoms with Crippen molar-refractivity contribution in [3.05, 3.63) is 34.9 Å². The molecular formula is C11H12ClNO2. The molecule has 0 N–H and O–H groups in total. The minimum absolute atomic E-state index is 0.0553. The standard InChI is InChI=1S/C11H12ClNO2/c12-10-5-2-1-4-9(10)11(14)13-6-3-7-15-8-13/h1-2,4-5H,3,6-8H2. The Kier molecular flexibility index (Phi) is 3.23. The maximum atomic E-state index is 12.0. The van der Waals surface area contributed by atoms with Gasteiger partial charge in [0.15, 0.2) is 0 Å². The van der Waals surface area contributed by atoms with Gasteiger partial charge in [0.2, 0.25) is 0 Å². The summed E-state index contributed by atoms with van der Waals surface area (Å²) < 4.78 is 5.23. The van der Waals surface area contributed by atoms with Crippen LogP contribution in [0.5, 0.6) is 0 Å². The number of rotatable bonds is 1. The second-order valence-corrected chi connectivity index (χ2v) is 3.85. The second kappa shape index (κ2) is 4.64. The Morgan fingerprint density at radius 2 is 2.20 bits per heavy atom. The zero-order valence-corrected chi connectivity index (χ0v) is 9.04. The van der Waals surface area contributed by atoms with Crippen LogP contribution in [-0.4, -0.2) is 30.7 Å². The molecule has 0 unspecified atom stereocenters. The van der Waals surface area contributed by atoms with Gasteiger partial charge in [-0.25, -0.2) is 0 Å². The number of halogens is 1. The molecule has 15 heavy (non-hydrogen) atoms. The summed E-state index contributed by atoms with van der Waals surface area (Å²) in [6.07, 6.45) is 0.885. The average Bonchev–Trinajstić information content (AvgIpc) is 2.30. The Morgan fingerprint density at radius 1 is 1.40 bits per heavy atom. The number of amides is 1. The van der Waals surface area contributed by atoms with E-state index in [0.29, 0.717) is 17.3 Å². The molecule has 1 saturated heterocycles. The van der Waals surface area contributed by atoms with Crippen molar-refractivity contribution >= 4 is 17.5 Å². The molecule has 1 amide bonds. The third-order valence-electron chi connectivity index (χ3n) is 2.36. The number of benzene rings is 1. The topological polar surface area (TPSA) is 29.5 Å². The van der Waals surface area contributed by atoms with E-state index in [1.165, 1.54) is 0 Å². The van der Waals surface area contributed by atoms with E-state index in [1.54, 1.807) is 17.0 Å². The minimum Gasteiger partial charge on any atom is -0.361 e. The first-order chi connectivity index (χ1) is 7.29. The molecule has 1 aromatic carbocycles. The first-order valence-electron chi connectivity index (χ1n) is 4.90. The number of hydrogen-bond donors (Lipinski definition) is 0. The van der Waals surface area contributed by atoms with Gasteiger partial charge in [-0.1, -0.05) is 23.7 Å². The van der Waals surface area contributed by atoms with E-state index in [0.717, 1.165) is 19.6 Å². The van der Waals surface area contributed by atoms with Gasteiger partial charge in [-0.05, 0) is 18.6 Å². The molecular weight excluding hydrogens is 214 g/mol. The molecule has 0 radical (unpaired) electrons. The fourth-order valence-corrected chi connectivity index (χ4v) is 1.78. The molecule has 3 nitrogen and oxygen atoms in total. The predicted octanol–water partition coefficient (Wildman–Crippen LogP) is 2.16. The van der Waals surface area contributed by atoms with Crippen LogP contribution in [0.2, 0.25) is 5.02 Å². The first kappa shape index (κ1) is 10.5. The van der Waals surface area contributed by atoms with E-state index >= 15 is 0 Å². The number of ether oxygens (including phenoxy) is 1. The van der Waals surface area contributed by atoms with Crippen LogP contribution in [0.15, 0.2) is 24.3 Å². The van der Waals surface area contributed by atoms with Crippen LogP contribution in [0.4, 0.5) is 0 Å². The zero-order valence-electron chi connectivity index (χ0n) is 8.28. The van der Waals surface area contributed by atoms with Crippen LogP contribution in [0.3, 0.4) is 0 Å². The van der Waals surface area contributed by atoms with Crippen molar-refractivity contribution in [2.45, 2.75) is 6.42 Å². The number of nitrogens with zero attached hydrogens (tertiary/aromatic N) is 1. The molecule has 0 spiro atoms. The monoisotopic (exact) mass is 225 g/mol. The summed E-state index contributed by atoms with van der Waals surface area (Å²) in [6.45, 7) is 1.83. The zero-order chi connectivity index (χ0) is 10.7. The van der Waals surface area contributed by atoms with Crippen molar-refractivity contribution in [1.82, 2.24) is 4.90 Å². The molecule has 1 fully saturated rings. The Morgan fingerprint density at radius 3 is 2.87 bits per heavy atom. The van der Waals surface area contributed by atoms with Gasteiger partial charge in [-0.2, -0.15) is 0 Å². The lowest BCUT2D eigenvalue weighted by Gasteiger charge is -2.26. The maximum Gasteiger partial charge on any atom is 0.257 e. The molecule has 80 valence electrons. The van der Waals surface area contributed by atoms with Crippen LogP contribution >= 0.6 is 11.6 Å². The van der Waals surface area contributed by atoms with Gasteiger partial charge in [0.25, 0.3) is 5.91 Å². The molecule has 1 aliphatic heterocycles. The van der Waals surface area contributed by atoms with Gasteiger partial charge in [-0.15, -0.1) is 0 Å². The SMILES string of the molecule is O=C(c1ccccc1Cl)N1CCCOC1. The van der Waals surface area contributed by atoms with Crippen LogP contribution in [-0.2, 0) is 4.74 Å². The molecule has 0 aliphatic carbocycles. The van der Waals surface area contributed by atoms with E-state index in [1.807, 2.05) is 12.1 Å². The number of hydrogen-bond acceptors (Lipinski definition) is 2. The normalized spacial score (nSPS) is 16.5. The summed E-state index contributed by atoms with van der Waals surface area (Å²) in [5.74, 6) is -0.0553. The Bertz CT molecular complexity index is 361. The fraction of sp³-hybridized carbons (Fsp3) is 0.364. The van der Waals surface area contributed by atoms with Crippen molar-refractivity contribution in [2.24, 2.45) is 0 Å². The van der Waals surface area contributed by atoms with Gasteiger partial charge in [0.1, 0.15) is 6.73 Å². The summed E-state index contributed by atoms with van der Waals surface area (Å²) >= 11 is 5.95. The lowest BCUT2D eigenvalue weighted by Crippen LogP contribution is -2.38. The average molecular weight is 226 g/mol. The summed E-state index contributed by atoms with van der Waals surface area (Å²) in [5.41, 5.74) is 0.546. The van der Waals surface area contributed by atoms with Crippen LogP contribution in [0, 0.1) is 0 Å². The molecule has 4 heteroatoms. The van der Waals surface area contributed by atoms with Gasteiger partial charge in [0, 0.05) is 6.54 Å². The number of carbonyl (C=O) groups is 1. The second-order valence-electron chi connectivity index (χ2n) is 3.44. The van der Waals surface area contributed by atoms with Crippen molar-refractivity contribution in [2.75, 3.05) is 19.9 Å². The van der Waals surface area contributed by atoms with Crippen molar-refractivity contribution < 1.29 is 9.53 Å². The largest absolute Gasteiger partial charge is 0.361 e. The highest BCUT2D eigenvalue weighted by Gasteiger charge is 2.19. The van der Waals surface area contributed by atoms with E-state index in [9.17, 15) is 4.79 Å². The molecule has 1 heterocycles. The molecule has 0 aromatic heterocycles. The minimum atomic E-state index is -0.0553. The maximum absolute atomic E-state index is 12.0. The van der Waals surface area contributed by atoms with Crippen LogP contribution in [0.25, 0.3) is 0 Å². The summed E-state index contributed by atoms with van der Waals surface area (Å²) in [6, 6.07) is 7.08. The molecule has 0 bridgehead atoms. The summed E-state index contributed by atoms with van der Waals surface area (Å²) in [4.78, 5) is 13.7. The predicted molar refractivity (Wildman–Crippen MR) is 57.9 cm³/mol. The molecule has 1 aliphatic rings. The van der Waals surface area contributed by atoms with Crippen LogP contribution < -0.4 is 0 Å². The van der Waals surface area contributed by atoms with Gasteiger partial charge in [-0.3, -0.25) is 4.79 Å². The molecule has 2 rings (SSSR count). The lowest BCUT2D eigenvalue weighted by molar-refractivity contribution is -0.00570. The summed E-state index contributed by atoms with van der Waals surface area (Å²) in [5, 5.41) is 0.494. The smallest absolute Gasteiger partial charge is 0.257 e. The van der Waals surface area contributed by atoms with Crippen molar-refractivity contribution in [1.29, 1.82) is 0 Å². The van der Waals surface area contributed by atoms with E-state index in [2.05, 4.69) is 0 Å². The van der Waals surface area contributed by atoms with Gasteiger partial charge < -0.3 is 9.64 Å². The highest BCUT2D eigenvalue weighted by atomic mass is 35.5. The highest BCUT2D eigenvalue weighted by molar-refractivity contribution is 6.33. The summed E-state index contributed by atoms with van der Waals surface area (Å²) in [7, 11) is 0. The first-order valence-corrected chi connectivity index (χ1v) is 5.28. The third-order valence-corrected chi connectivity index (χ3v) is 2.68. The van der Waals surface area contributed by atoms with Crippen molar-refractivity contribution in [3.63, 3.8) is 0 Å². The fourth-order valence-electron chi connectivity index (χ4n) is 1.56. The quantitative estimate of drug-likeness (QED) is 0.733. The molecule has 0 saturated carbocycles. The van der Waals surface area contributed by atoms with E-state index in [4.69, 9.17) is 16.3 Å². The van der Waals surface area contributed by atoms with Gasteiger partial charge >= 0.3 is 0 Å². The van der Waals surface area contributed by atoms with Crippen molar-refractivity contribution in [3.8, 4) is 0 Å². The van der Waals surface area contributed by atoms with Crippen LogP contribution in [0.1, 0.15) is 16.8 Å². The number of carbonyl (C=O) groups excluding carboxylic acids is 1. The van der Waals surface area contributed by atoms with E-state index in [-0.39, 0.29) is 5.91 Å². The molecule has 1 aromatic rings. The molecule has 0 atom stereocenters.